The van der Waals surface area contributed by atoms with Gasteiger partial charge in [0.2, 0.25) is 10.0 Å². The molecule has 2 N–H and O–H groups in total. The maximum Gasteiger partial charge on any atom is 0.243 e. The molecular weight excluding hydrogens is 262 g/mol. The van der Waals surface area contributed by atoms with Gasteiger partial charge < -0.3 is 5.32 Å². The fourth-order valence-corrected chi connectivity index (χ4v) is 2.42. The van der Waals surface area contributed by atoms with Crippen LogP contribution >= 0.6 is 0 Å². The summed E-state index contributed by atoms with van der Waals surface area (Å²) >= 11 is 0. The Kier molecular flexibility index (Phi) is 3.65. The first-order valence-electron chi connectivity index (χ1n) is 5.59. The van der Waals surface area contributed by atoms with Crippen LogP contribution in [0.2, 0.25) is 0 Å². The van der Waals surface area contributed by atoms with Gasteiger partial charge in [-0.1, -0.05) is 0 Å². The van der Waals surface area contributed by atoms with Gasteiger partial charge in [0.25, 0.3) is 0 Å². The van der Waals surface area contributed by atoms with Crippen LogP contribution in [0.1, 0.15) is 18.4 Å². The van der Waals surface area contributed by atoms with Gasteiger partial charge in [-0.25, -0.2) is 21.9 Å². The van der Waals surface area contributed by atoms with Gasteiger partial charge in [0.05, 0.1) is 0 Å². The molecule has 7 heteroatoms. The summed E-state index contributed by atoms with van der Waals surface area (Å²) in [5, 5.41) is 2.96. The van der Waals surface area contributed by atoms with Crippen molar-refractivity contribution in [3.63, 3.8) is 0 Å². The van der Waals surface area contributed by atoms with Crippen LogP contribution in [0.4, 0.5) is 8.78 Å². The van der Waals surface area contributed by atoms with Crippen molar-refractivity contribution in [2.75, 3.05) is 7.05 Å². The van der Waals surface area contributed by atoms with E-state index in [0.29, 0.717) is 0 Å². The van der Waals surface area contributed by atoms with Crippen LogP contribution in [-0.4, -0.2) is 21.5 Å². The zero-order chi connectivity index (χ0) is 13.3. The molecule has 0 aromatic heterocycles. The molecule has 1 aliphatic carbocycles. The number of hydrogen-bond acceptors (Lipinski definition) is 3. The molecular formula is C11H14F2N2O2S. The zero-order valence-electron chi connectivity index (χ0n) is 9.83. The zero-order valence-corrected chi connectivity index (χ0v) is 10.7. The van der Waals surface area contributed by atoms with Crippen LogP contribution in [-0.2, 0) is 16.6 Å². The number of sulfonamides is 1. The second-order valence-electron chi connectivity index (χ2n) is 4.20. The van der Waals surface area contributed by atoms with E-state index in [2.05, 4.69) is 5.32 Å². The highest BCUT2D eigenvalue weighted by atomic mass is 32.2. The summed E-state index contributed by atoms with van der Waals surface area (Å²) in [5.41, 5.74) is -0.238. The number of nitrogens with one attached hydrogen (secondary N) is 2. The SMILES string of the molecule is CNS(=O)(=O)c1ccc(F)c(CNC2CC2)c1F. The summed E-state index contributed by atoms with van der Waals surface area (Å²) in [4.78, 5) is -0.529. The predicted molar refractivity (Wildman–Crippen MR) is 62.5 cm³/mol. The molecule has 0 unspecified atom stereocenters. The number of benzene rings is 1. The predicted octanol–water partition coefficient (Wildman–Crippen LogP) is 1.12. The Bertz CT molecular complexity index is 556. The van der Waals surface area contributed by atoms with E-state index in [-0.39, 0.29) is 18.2 Å². The first kappa shape index (κ1) is 13.4. The summed E-state index contributed by atoms with van der Waals surface area (Å²) in [6.07, 6.45) is 1.97. The maximum absolute atomic E-state index is 14.0. The van der Waals surface area contributed by atoms with Crippen molar-refractivity contribution in [1.29, 1.82) is 0 Å². The minimum absolute atomic E-state index is 0.00456. The molecule has 18 heavy (non-hydrogen) atoms. The topological polar surface area (TPSA) is 58.2 Å². The third kappa shape index (κ3) is 2.68. The van der Waals surface area contributed by atoms with Crippen molar-refractivity contribution in [1.82, 2.24) is 10.0 Å². The lowest BCUT2D eigenvalue weighted by molar-refractivity contribution is 0.511. The van der Waals surface area contributed by atoms with E-state index >= 15 is 0 Å². The second kappa shape index (κ2) is 4.91. The fourth-order valence-electron chi connectivity index (χ4n) is 1.59. The van der Waals surface area contributed by atoms with E-state index in [0.717, 1.165) is 25.0 Å². The Morgan fingerprint density at radius 1 is 1.33 bits per heavy atom. The molecule has 0 heterocycles. The van der Waals surface area contributed by atoms with Crippen molar-refractivity contribution < 1.29 is 17.2 Å². The molecule has 1 saturated carbocycles. The smallest absolute Gasteiger partial charge is 0.243 e. The summed E-state index contributed by atoms with van der Waals surface area (Å²) in [6.45, 7) is -0.00456. The van der Waals surface area contributed by atoms with Crippen LogP contribution < -0.4 is 10.0 Å². The molecule has 0 spiro atoms. The lowest BCUT2D eigenvalue weighted by atomic mass is 10.2. The summed E-state index contributed by atoms with van der Waals surface area (Å²) in [7, 11) is -2.73. The standard InChI is InChI=1S/C11H14F2N2O2S/c1-14-18(16,17)10-5-4-9(12)8(11(10)13)6-15-7-2-3-7/h4-5,7,14-15H,2-3,6H2,1H3. The van der Waals surface area contributed by atoms with Crippen LogP contribution in [0.5, 0.6) is 0 Å². The number of halogens is 2. The Morgan fingerprint density at radius 3 is 2.56 bits per heavy atom. The Labute approximate surface area is 104 Å². The third-order valence-electron chi connectivity index (χ3n) is 2.85. The van der Waals surface area contributed by atoms with Crippen molar-refractivity contribution >= 4 is 10.0 Å². The second-order valence-corrected chi connectivity index (χ2v) is 6.06. The first-order valence-corrected chi connectivity index (χ1v) is 7.08. The molecule has 1 aromatic rings. The summed E-state index contributed by atoms with van der Waals surface area (Å²) < 4.78 is 52.6. The normalized spacial score (nSPS) is 15.9. The highest BCUT2D eigenvalue weighted by Crippen LogP contribution is 2.23. The Hall–Kier alpha value is -1.05. The van der Waals surface area contributed by atoms with Crippen molar-refractivity contribution in [2.24, 2.45) is 0 Å². The molecule has 0 atom stereocenters. The molecule has 4 nitrogen and oxygen atoms in total. The van der Waals surface area contributed by atoms with E-state index < -0.39 is 26.6 Å². The van der Waals surface area contributed by atoms with Crippen molar-refractivity contribution in [2.45, 2.75) is 30.3 Å². The third-order valence-corrected chi connectivity index (χ3v) is 4.29. The van der Waals surface area contributed by atoms with Crippen LogP contribution in [0.25, 0.3) is 0 Å². The average molecular weight is 276 g/mol. The summed E-state index contributed by atoms with van der Waals surface area (Å²) in [6, 6.07) is 2.18. The van der Waals surface area contributed by atoms with Crippen LogP contribution in [0, 0.1) is 11.6 Å². The lowest BCUT2D eigenvalue weighted by Crippen LogP contribution is -2.23. The molecule has 0 radical (unpaired) electrons. The minimum Gasteiger partial charge on any atom is -0.310 e. The molecule has 0 aliphatic heterocycles. The molecule has 100 valence electrons. The highest BCUT2D eigenvalue weighted by molar-refractivity contribution is 7.89. The quantitative estimate of drug-likeness (QED) is 0.847. The number of rotatable bonds is 5. The van der Waals surface area contributed by atoms with E-state index in [9.17, 15) is 17.2 Å². The Balaban J connectivity index is 2.35. The van der Waals surface area contributed by atoms with E-state index in [1.54, 1.807) is 0 Å². The van der Waals surface area contributed by atoms with Gasteiger partial charge in [0.15, 0.2) is 5.82 Å². The lowest BCUT2D eigenvalue weighted by Gasteiger charge is -2.10. The van der Waals surface area contributed by atoms with Gasteiger partial charge in [-0.15, -0.1) is 0 Å². The largest absolute Gasteiger partial charge is 0.310 e. The van der Waals surface area contributed by atoms with Crippen molar-refractivity contribution in [3.8, 4) is 0 Å². The minimum atomic E-state index is -3.91. The maximum atomic E-state index is 14.0. The molecule has 0 bridgehead atoms. The van der Waals surface area contributed by atoms with Crippen LogP contribution in [0.3, 0.4) is 0 Å². The van der Waals surface area contributed by atoms with Gasteiger partial charge in [0.1, 0.15) is 10.7 Å². The van der Waals surface area contributed by atoms with E-state index in [1.165, 1.54) is 7.05 Å². The summed E-state index contributed by atoms with van der Waals surface area (Å²) in [5.74, 6) is -1.77. The van der Waals surface area contributed by atoms with Gasteiger partial charge in [-0.05, 0) is 32.0 Å². The van der Waals surface area contributed by atoms with Gasteiger partial charge in [-0.2, -0.15) is 0 Å². The van der Waals surface area contributed by atoms with E-state index in [1.807, 2.05) is 4.72 Å². The molecule has 0 saturated heterocycles. The molecule has 1 aliphatic rings. The fraction of sp³-hybridized carbons (Fsp3) is 0.455. The molecule has 0 amide bonds. The number of hydrogen-bond donors (Lipinski definition) is 2. The van der Waals surface area contributed by atoms with Gasteiger partial charge >= 0.3 is 0 Å². The van der Waals surface area contributed by atoms with Crippen molar-refractivity contribution in [3.05, 3.63) is 29.3 Å². The molecule has 1 fully saturated rings. The highest BCUT2D eigenvalue weighted by Gasteiger charge is 2.25. The molecule has 2 rings (SSSR count). The first-order chi connectivity index (χ1) is 8.45. The molecule has 1 aromatic carbocycles. The van der Waals surface area contributed by atoms with Gasteiger partial charge in [-0.3, -0.25) is 0 Å². The monoisotopic (exact) mass is 276 g/mol. The Morgan fingerprint density at radius 2 is 2.00 bits per heavy atom. The van der Waals surface area contributed by atoms with E-state index in [4.69, 9.17) is 0 Å². The van der Waals surface area contributed by atoms with Gasteiger partial charge in [0, 0.05) is 18.2 Å². The van der Waals surface area contributed by atoms with Crippen LogP contribution in [0.15, 0.2) is 17.0 Å². The average Bonchev–Trinajstić information content (AvgIpc) is 3.12.